The van der Waals surface area contributed by atoms with Gasteiger partial charge in [0.15, 0.2) is 5.82 Å². The molecule has 2 aromatic rings. The van der Waals surface area contributed by atoms with E-state index in [9.17, 15) is 4.79 Å². The van der Waals surface area contributed by atoms with E-state index >= 15 is 0 Å². The largest absolute Gasteiger partial charge is 0.446 e. The Morgan fingerprint density at radius 1 is 1.28 bits per heavy atom. The van der Waals surface area contributed by atoms with Crippen LogP contribution in [0.3, 0.4) is 0 Å². The highest BCUT2D eigenvalue weighted by molar-refractivity contribution is 5.68. The molecule has 0 radical (unpaired) electrons. The SMILES string of the molecule is CC(C)(C)NC(=O)O[C@@H]1CC[C@H](c2cc(Nc3ncccn3)n[nH]2)C1. The molecule has 134 valence electrons. The van der Waals surface area contributed by atoms with Gasteiger partial charge in [-0.25, -0.2) is 14.8 Å². The van der Waals surface area contributed by atoms with Crippen LogP contribution in [0.2, 0.25) is 0 Å². The number of rotatable bonds is 4. The van der Waals surface area contributed by atoms with Crippen LogP contribution in [-0.4, -0.2) is 37.9 Å². The first-order chi connectivity index (χ1) is 11.9. The van der Waals surface area contributed by atoms with E-state index in [0.29, 0.717) is 17.7 Å². The van der Waals surface area contributed by atoms with Gasteiger partial charge >= 0.3 is 6.09 Å². The smallest absolute Gasteiger partial charge is 0.407 e. The molecule has 8 heteroatoms. The first kappa shape index (κ1) is 17.2. The molecule has 0 bridgehead atoms. The Balaban J connectivity index is 1.53. The summed E-state index contributed by atoms with van der Waals surface area (Å²) in [5.74, 6) is 1.48. The standard InChI is InChI=1S/C17H24N6O2/c1-17(2,3)21-16(24)25-12-6-5-11(9-12)13-10-14(23-22-13)20-15-18-7-4-8-19-15/h4,7-8,10-12H,5-6,9H2,1-3H3,(H,21,24)(H2,18,19,20,22,23)/t11-,12+/m0/s1. The lowest BCUT2D eigenvalue weighted by molar-refractivity contribution is 0.0937. The summed E-state index contributed by atoms with van der Waals surface area (Å²) in [6.45, 7) is 5.80. The maximum atomic E-state index is 11.9. The summed E-state index contributed by atoms with van der Waals surface area (Å²) >= 11 is 0. The second-order valence-electron chi connectivity index (χ2n) is 7.32. The number of H-pyrrole nitrogens is 1. The first-order valence-electron chi connectivity index (χ1n) is 8.47. The Bertz CT molecular complexity index is 709. The number of nitrogens with one attached hydrogen (secondary N) is 3. The van der Waals surface area contributed by atoms with E-state index < -0.39 is 0 Å². The van der Waals surface area contributed by atoms with Crippen LogP contribution in [0.25, 0.3) is 0 Å². The van der Waals surface area contributed by atoms with Crippen LogP contribution in [0, 0.1) is 0 Å². The molecule has 8 nitrogen and oxygen atoms in total. The minimum Gasteiger partial charge on any atom is -0.446 e. The molecule has 0 unspecified atom stereocenters. The van der Waals surface area contributed by atoms with Gasteiger partial charge < -0.3 is 15.4 Å². The molecule has 0 saturated heterocycles. The molecule has 25 heavy (non-hydrogen) atoms. The highest BCUT2D eigenvalue weighted by atomic mass is 16.6. The third-order valence-electron chi connectivity index (χ3n) is 3.98. The predicted molar refractivity (Wildman–Crippen MR) is 93.7 cm³/mol. The second kappa shape index (κ2) is 7.08. The monoisotopic (exact) mass is 344 g/mol. The second-order valence-corrected chi connectivity index (χ2v) is 7.32. The summed E-state index contributed by atoms with van der Waals surface area (Å²) < 4.78 is 5.52. The quantitative estimate of drug-likeness (QED) is 0.787. The van der Waals surface area contributed by atoms with Gasteiger partial charge in [0.25, 0.3) is 0 Å². The predicted octanol–water partition coefficient (Wildman–Crippen LogP) is 3.10. The van der Waals surface area contributed by atoms with Crippen molar-refractivity contribution in [3.63, 3.8) is 0 Å². The van der Waals surface area contributed by atoms with Crippen LogP contribution >= 0.6 is 0 Å². The first-order valence-corrected chi connectivity index (χ1v) is 8.47. The topological polar surface area (TPSA) is 105 Å². The normalized spacial score (nSPS) is 20.3. The fraction of sp³-hybridized carbons (Fsp3) is 0.529. The number of hydrogen-bond donors (Lipinski definition) is 3. The maximum Gasteiger partial charge on any atom is 0.407 e. The average molecular weight is 344 g/mol. The van der Waals surface area contributed by atoms with Crippen molar-refractivity contribution in [2.75, 3.05) is 5.32 Å². The molecule has 0 spiro atoms. The number of hydrogen-bond acceptors (Lipinski definition) is 6. The van der Waals surface area contributed by atoms with Crippen molar-refractivity contribution in [1.82, 2.24) is 25.5 Å². The van der Waals surface area contributed by atoms with E-state index in [1.165, 1.54) is 0 Å². The number of alkyl carbamates (subject to hydrolysis) is 1. The number of amides is 1. The number of anilines is 2. The summed E-state index contributed by atoms with van der Waals surface area (Å²) in [7, 11) is 0. The zero-order valence-corrected chi connectivity index (χ0v) is 14.7. The summed E-state index contributed by atoms with van der Waals surface area (Å²) in [6.07, 6.45) is 5.52. The van der Waals surface area contributed by atoms with Crippen LogP contribution in [-0.2, 0) is 4.74 Å². The van der Waals surface area contributed by atoms with E-state index in [1.807, 2.05) is 26.8 Å². The summed E-state index contributed by atoms with van der Waals surface area (Å²) in [5.41, 5.74) is 0.735. The van der Waals surface area contributed by atoms with Gasteiger partial charge in [0.05, 0.1) is 0 Å². The van der Waals surface area contributed by atoms with Crippen molar-refractivity contribution in [3.05, 3.63) is 30.2 Å². The molecule has 1 aliphatic carbocycles. The minimum atomic E-state index is -0.355. The molecule has 1 aliphatic rings. The zero-order chi connectivity index (χ0) is 17.9. The van der Waals surface area contributed by atoms with Crippen molar-refractivity contribution in [2.24, 2.45) is 0 Å². The molecule has 1 amide bonds. The fourth-order valence-electron chi connectivity index (χ4n) is 2.90. The minimum absolute atomic E-state index is 0.0653. The van der Waals surface area contributed by atoms with Gasteiger partial charge in [0.1, 0.15) is 6.10 Å². The number of nitrogens with zero attached hydrogens (tertiary/aromatic N) is 3. The van der Waals surface area contributed by atoms with E-state index in [4.69, 9.17) is 4.74 Å². The average Bonchev–Trinajstić information content (AvgIpc) is 3.15. The lowest BCUT2D eigenvalue weighted by Crippen LogP contribution is -2.42. The molecule has 1 fully saturated rings. The summed E-state index contributed by atoms with van der Waals surface area (Å²) in [4.78, 5) is 20.1. The molecular weight excluding hydrogens is 320 g/mol. The third-order valence-corrected chi connectivity index (χ3v) is 3.98. The number of ether oxygens (including phenoxy) is 1. The molecule has 2 aromatic heterocycles. The number of carbonyl (C=O) groups is 1. The van der Waals surface area contributed by atoms with Crippen LogP contribution < -0.4 is 10.6 Å². The van der Waals surface area contributed by atoms with Gasteiger partial charge in [-0.1, -0.05) is 0 Å². The summed E-state index contributed by atoms with van der Waals surface area (Å²) in [6, 6.07) is 3.72. The molecule has 2 atom stereocenters. The number of carbonyl (C=O) groups excluding carboxylic acids is 1. The van der Waals surface area contributed by atoms with Crippen molar-refractivity contribution in [3.8, 4) is 0 Å². The van der Waals surface area contributed by atoms with Gasteiger partial charge in [0, 0.05) is 35.6 Å². The van der Waals surface area contributed by atoms with Crippen molar-refractivity contribution in [1.29, 1.82) is 0 Å². The molecule has 3 N–H and O–H groups in total. The molecule has 3 rings (SSSR count). The van der Waals surface area contributed by atoms with Gasteiger partial charge in [-0.05, 0) is 46.1 Å². The highest BCUT2D eigenvalue weighted by Gasteiger charge is 2.30. The molecule has 1 saturated carbocycles. The summed E-state index contributed by atoms with van der Waals surface area (Å²) in [5, 5.41) is 13.2. The van der Waals surface area contributed by atoms with Crippen molar-refractivity contribution >= 4 is 17.9 Å². The third kappa shape index (κ3) is 4.91. The Morgan fingerprint density at radius 2 is 2.04 bits per heavy atom. The van der Waals surface area contributed by atoms with E-state index in [0.717, 1.165) is 25.0 Å². The van der Waals surface area contributed by atoms with Crippen LogP contribution in [0.5, 0.6) is 0 Å². The van der Waals surface area contributed by atoms with Gasteiger partial charge in [-0.15, -0.1) is 0 Å². The molecule has 0 aliphatic heterocycles. The molecular formula is C17H24N6O2. The lowest BCUT2D eigenvalue weighted by Gasteiger charge is -2.22. The van der Waals surface area contributed by atoms with Crippen LogP contribution in [0.4, 0.5) is 16.6 Å². The van der Waals surface area contributed by atoms with Gasteiger partial charge in [-0.2, -0.15) is 5.10 Å². The lowest BCUT2D eigenvalue weighted by atomic mass is 10.0. The van der Waals surface area contributed by atoms with Crippen LogP contribution in [0.15, 0.2) is 24.5 Å². The Labute approximate surface area is 146 Å². The fourth-order valence-corrected chi connectivity index (χ4v) is 2.90. The Morgan fingerprint density at radius 3 is 2.76 bits per heavy atom. The van der Waals surface area contributed by atoms with Gasteiger partial charge in [0.2, 0.25) is 5.95 Å². The van der Waals surface area contributed by atoms with Crippen molar-refractivity contribution in [2.45, 2.75) is 57.6 Å². The Hall–Kier alpha value is -2.64. The van der Waals surface area contributed by atoms with E-state index in [2.05, 4.69) is 30.8 Å². The maximum absolute atomic E-state index is 11.9. The number of aromatic nitrogens is 4. The van der Waals surface area contributed by atoms with Gasteiger partial charge in [-0.3, -0.25) is 5.10 Å². The highest BCUT2D eigenvalue weighted by Crippen LogP contribution is 2.36. The van der Waals surface area contributed by atoms with Crippen molar-refractivity contribution < 1.29 is 9.53 Å². The zero-order valence-electron chi connectivity index (χ0n) is 14.7. The Kier molecular flexibility index (Phi) is 4.87. The molecule has 0 aromatic carbocycles. The molecule has 2 heterocycles. The van der Waals surface area contributed by atoms with Crippen LogP contribution in [0.1, 0.15) is 51.6 Å². The van der Waals surface area contributed by atoms with E-state index in [1.54, 1.807) is 18.5 Å². The van der Waals surface area contributed by atoms with E-state index in [-0.39, 0.29) is 17.7 Å². The number of aromatic amines is 1.